The fourth-order valence-corrected chi connectivity index (χ4v) is 3.80. The molecule has 1 aromatic carbocycles. The first kappa shape index (κ1) is 20.7. The number of fused-ring (bicyclic) bond motifs is 1. The van der Waals surface area contributed by atoms with Crippen molar-refractivity contribution in [3.63, 3.8) is 0 Å². The zero-order chi connectivity index (χ0) is 22.3. The minimum Gasteiger partial charge on any atom is -0.391 e. The van der Waals surface area contributed by atoms with Gasteiger partial charge in [-0.3, -0.25) is 14.5 Å². The van der Waals surface area contributed by atoms with Gasteiger partial charge in [0, 0.05) is 28.6 Å². The summed E-state index contributed by atoms with van der Waals surface area (Å²) in [6.07, 6.45) is 1.03. The predicted octanol–water partition coefficient (Wildman–Crippen LogP) is 3.88. The van der Waals surface area contributed by atoms with Crippen molar-refractivity contribution >= 4 is 23.0 Å². The highest BCUT2D eigenvalue weighted by Gasteiger charge is 2.28. The Bertz CT molecular complexity index is 1190. The lowest BCUT2D eigenvalue weighted by atomic mass is 10.00. The van der Waals surface area contributed by atoms with E-state index in [9.17, 15) is 14.3 Å². The van der Waals surface area contributed by atoms with E-state index in [2.05, 4.69) is 20.7 Å². The summed E-state index contributed by atoms with van der Waals surface area (Å²) in [5, 5.41) is 20.1. The Balaban J connectivity index is 1.72. The van der Waals surface area contributed by atoms with Gasteiger partial charge in [-0.25, -0.2) is 4.39 Å². The van der Waals surface area contributed by atoms with E-state index in [1.165, 1.54) is 6.07 Å². The molecule has 0 aliphatic carbocycles. The Morgan fingerprint density at radius 3 is 2.81 bits per heavy atom. The molecular weight excluding hydrogens is 397 g/mol. The number of benzene rings is 1. The summed E-state index contributed by atoms with van der Waals surface area (Å²) in [7, 11) is 0. The summed E-state index contributed by atoms with van der Waals surface area (Å²) >= 11 is 0. The number of anilines is 2. The van der Waals surface area contributed by atoms with Crippen molar-refractivity contribution in [2.24, 2.45) is 0 Å². The van der Waals surface area contributed by atoms with Crippen molar-refractivity contribution in [2.75, 3.05) is 10.6 Å². The van der Waals surface area contributed by atoms with Crippen LogP contribution in [0.25, 0.3) is 16.8 Å². The Morgan fingerprint density at radius 1 is 1.32 bits per heavy atom. The monoisotopic (exact) mass is 421 g/mol. The highest BCUT2D eigenvalue weighted by atomic mass is 19.1. The van der Waals surface area contributed by atoms with Gasteiger partial charge in [0.2, 0.25) is 0 Å². The van der Waals surface area contributed by atoms with E-state index < -0.39 is 6.10 Å². The highest BCUT2D eigenvalue weighted by Crippen LogP contribution is 2.37. The molecule has 1 amide bonds. The van der Waals surface area contributed by atoms with E-state index in [0.29, 0.717) is 46.1 Å². The minimum atomic E-state index is -0.522. The van der Waals surface area contributed by atoms with Crippen LogP contribution in [0.15, 0.2) is 42.2 Å². The van der Waals surface area contributed by atoms with Crippen molar-refractivity contribution in [1.82, 2.24) is 14.8 Å². The number of allylic oxidation sites excluding steroid dienone is 1. The number of aliphatic hydroxyl groups excluding tert-OH is 1. The quantitative estimate of drug-likeness (QED) is 0.544. The third kappa shape index (κ3) is 3.94. The van der Waals surface area contributed by atoms with Gasteiger partial charge in [0.1, 0.15) is 5.82 Å². The lowest BCUT2D eigenvalue weighted by molar-refractivity contribution is -0.110. The number of hydrogen-bond acceptors (Lipinski definition) is 5. The number of carbonyl (C=O) groups is 1. The molecule has 31 heavy (non-hydrogen) atoms. The van der Waals surface area contributed by atoms with E-state index in [0.717, 1.165) is 11.3 Å². The van der Waals surface area contributed by atoms with Crippen LogP contribution in [0.4, 0.5) is 15.9 Å². The SMILES string of the molecule is CC(Nc1cc(C)n(CC(C)O)n1)=C1C(=O)Nc2cnc(-c3c(C)cccc3F)cc21. The fourth-order valence-electron chi connectivity index (χ4n) is 3.80. The molecule has 0 bridgehead atoms. The molecule has 0 spiro atoms. The second-order valence-corrected chi connectivity index (χ2v) is 7.83. The fraction of sp³-hybridized carbons (Fsp3) is 0.261. The van der Waals surface area contributed by atoms with E-state index >= 15 is 0 Å². The maximum Gasteiger partial charge on any atom is 0.258 e. The van der Waals surface area contributed by atoms with Gasteiger partial charge in [-0.05, 0) is 45.4 Å². The predicted molar refractivity (Wildman–Crippen MR) is 118 cm³/mol. The van der Waals surface area contributed by atoms with Gasteiger partial charge in [-0.15, -0.1) is 0 Å². The largest absolute Gasteiger partial charge is 0.391 e. The van der Waals surface area contributed by atoms with Gasteiger partial charge in [-0.2, -0.15) is 5.10 Å². The molecule has 8 heteroatoms. The van der Waals surface area contributed by atoms with Gasteiger partial charge in [0.25, 0.3) is 5.91 Å². The molecule has 3 heterocycles. The van der Waals surface area contributed by atoms with E-state index in [4.69, 9.17) is 0 Å². The number of nitrogens with one attached hydrogen (secondary N) is 2. The summed E-state index contributed by atoms with van der Waals surface area (Å²) < 4.78 is 16.2. The maximum absolute atomic E-state index is 14.5. The number of hydrogen-bond donors (Lipinski definition) is 3. The molecule has 3 aromatic rings. The van der Waals surface area contributed by atoms with Crippen LogP contribution in [0.1, 0.15) is 30.7 Å². The third-order valence-corrected chi connectivity index (χ3v) is 5.24. The number of carbonyl (C=O) groups excluding carboxylic acids is 1. The van der Waals surface area contributed by atoms with Crippen LogP contribution < -0.4 is 10.6 Å². The van der Waals surface area contributed by atoms with Gasteiger partial charge in [-0.1, -0.05) is 12.1 Å². The molecule has 0 saturated carbocycles. The van der Waals surface area contributed by atoms with Crippen molar-refractivity contribution in [3.05, 3.63) is 64.9 Å². The zero-order valence-electron chi connectivity index (χ0n) is 17.8. The summed E-state index contributed by atoms with van der Waals surface area (Å²) in [6.45, 7) is 7.59. The van der Waals surface area contributed by atoms with Crippen LogP contribution in [-0.2, 0) is 11.3 Å². The average molecular weight is 421 g/mol. The van der Waals surface area contributed by atoms with Crippen molar-refractivity contribution in [2.45, 2.75) is 40.3 Å². The molecule has 3 N–H and O–H groups in total. The first-order valence-electron chi connectivity index (χ1n) is 10.0. The lowest BCUT2D eigenvalue weighted by Crippen LogP contribution is -2.14. The maximum atomic E-state index is 14.5. The molecule has 0 radical (unpaired) electrons. The molecular formula is C23H24FN5O2. The Labute approximate surface area is 179 Å². The summed E-state index contributed by atoms with van der Waals surface area (Å²) in [6, 6.07) is 8.46. The van der Waals surface area contributed by atoms with Crippen LogP contribution in [-0.4, -0.2) is 31.9 Å². The Morgan fingerprint density at radius 2 is 2.10 bits per heavy atom. The molecule has 2 aromatic heterocycles. The van der Waals surface area contributed by atoms with E-state index in [1.54, 1.807) is 36.9 Å². The minimum absolute atomic E-state index is 0.260. The molecule has 7 nitrogen and oxygen atoms in total. The first-order chi connectivity index (χ1) is 14.7. The Hall–Kier alpha value is -3.52. The molecule has 0 saturated heterocycles. The van der Waals surface area contributed by atoms with Crippen LogP contribution in [0.5, 0.6) is 0 Å². The zero-order valence-corrected chi connectivity index (χ0v) is 17.8. The third-order valence-electron chi connectivity index (χ3n) is 5.24. The van der Waals surface area contributed by atoms with Crippen LogP contribution in [0.3, 0.4) is 0 Å². The molecule has 0 fully saturated rings. The van der Waals surface area contributed by atoms with Crippen LogP contribution >= 0.6 is 0 Å². The second kappa shape index (κ2) is 7.96. The number of pyridine rings is 1. The lowest BCUT2D eigenvalue weighted by Gasteiger charge is -2.10. The number of amides is 1. The molecule has 1 aliphatic heterocycles. The molecule has 1 atom stereocenters. The van der Waals surface area contributed by atoms with Gasteiger partial charge in [0.05, 0.1) is 35.8 Å². The molecule has 1 aliphatic rings. The molecule has 160 valence electrons. The smallest absolute Gasteiger partial charge is 0.258 e. The topological polar surface area (TPSA) is 92.1 Å². The number of halogens is 1. The normalized spacial score (nSPS) is 15.5. The van der Waals surface area contributed by atoms with E-state index in [1.807, 2.05) is 26.0 Å². The first-order valence-corrected chi connectivity index (χ1v) is 10.0. The average Bonchev–Trinajstić information content (AvgIpc) is 3.19. The summed E-state index contributed by atoms with van der Waals surface area (Å²) in [5.74, 6) is -0.0443. The van der Waals surface area contributed by atoms with Gasteiger partial charge >= 0.3 is 0 Å². The van der Waals surface area contributed by atoms with Crippen LogP contribution in [0.2, 0.25) is 0 Å². The van der Waals surface area contributed by atoms with Crippen molar-refractivity contribution < 1.29 is 14.3 Å². The summed E-state index contributed by atoms with van der Waals surface area (Å²) in [4.78, 5) is 17.1. The van der Waals surface area contributed by atoms with Crippen molar-refractivity contribution in [1.29, 1.82) is 0 Å². The number of rotatable bonds is 5. The molecule has 1 unspecified atom stereocenters. The summed E-state index contributed by atoms with van der Waals surface area (Å²) in [5.41, 5.74) is 4.84. The Kier molecular flexibility index (Phi) is 5.32. The number of aryl methyl sites for hydroxylation is 2. The highest BCUT2D eigenvalue weighted by molar-refractivity contribution is 6.32. The number of aliphatic hydroxyl groups is 1. The van der Waals surface area contributed by atoms with Crippen molar-refractivity contribution in [3.8, 4) is 11.3 Å². The van der Waals surface area contributed by atoms with Crippen LogP contribution in [0, 0.1) is 19.7 Å². The molecule has 4 rings (SSSR count). The van der Waals surface area contributed by atoms with E-state index in [-0.39, 0.29) is 11.7 Å². The standard InChI is InChI=1S/C23H24FN5O2/c1-12-6-5-7-17(24)21(12)18-9-16-19(10-25-18)27-23(31)22(16)15(4)26-20-8-13(2)29(28-20)11-14(3)30/h5-10,14,30H,11H2,1-4H3,(H,26,28)(H,27,31). The number of aromatic nitrogens is 3. The number of nitrogens with zero attached hydrogens (tertiary/aromatic N) is 3. The van der Waals surface area contributed by atoms with Gasteiger partial charge < -0.3 is 15.7 Å². The second-order valence-electron chi connectivity index (χ2n) is 7.83. The van der Waals surface area contributed by atoms with Gasteiger partial charge in [0.15, 0.2) is 5.82 Å².